The minimum absolute atomic E-state index is 0.00322. The van der Waals surface area contributed by atoms with Gasteiger partial charge in [0.1, 0.15) is 5.75 Å². The fraction of sp³-hybridized carbons (Fsp3) is 0.143. The molecular formula is C21H18N2O2S2. The molecule has 0 saturated carbocycles. The molecule has 0 atom stereocenters. The Morgan fingerprint density at radius 1 is 1.07 bits per heavy atom. The highest BCUT2D eigenvalue weighted by Gasteiger charge is 2.13. The molecule has 0 radical (unpaired) electrons. The summed E-state index contributed by atoms with van der Waals surface area (Å²) >= 11 is 3.20. The summed E-state index contributed by atoms with van der Waals surface area (Å²) in [5, 5.41) is 3.39. The molecule has 0 amide bonds. The van der Waals surface area contributed by atoms with E-state index in [1.165, 1.54) is 0 Å². The molecule has 2 heterocycles. The number of hydrogen-bond acceptors (Lipinski definition) is 5. The van der Waals surface area contributed by atoms with Gasteiger partial charge in [-0.05, 0) is 29.6 Å². The van der Waals surface area contributed by atoms with E-state index in [-0.39, 0.29) is 5.56 Å². The Morgan fingerprint density at radius 3 is 2.70 bits per heavy atom. The van der Waals surface area contributed by atoms with Gasteiger partial charge >= 0.3 is 0 Å². The van der Waals surface area contributed by atoms with Crippen molar-refractivity contribution < 1.29 is 4.74 Å². The molecular weight excluding hydrogens is 376 g/mol. The van der Waals surface area contributed by atoms with Gasteiger partial charge in [0.05, 0.1) is 24.6 Å². The van der Waals surface area contributed by atoms with Gasteiger partial charge in [-0.2, -0.15) is 0 Å². The SMILES string of the molecule is COc1ccccc1CSc1nc2ccccc2c(=O)n1Cc1cccs1. The normalized spacial score (nSPS) is 11.0. The van der Waals surface area contributed by atoms with Crippen LogP contribution in [0.3, 0.4) is 0 Å². The number of thioether (sulfide) groups is 1. The van der Waals surface area contributed by atoms with Crippen LogP contribution in [0.4, 0.5) is 0 Å². The quantitative estimate of drug-likeness (QED) is 0.348. The largest absolute Gasteiger partial charge is 0.496 e. The second-order valence-corrected chi connectivity index (χ2v) is 7.96. The lowest BCUT2D eigenvalue weighted by atomic mass is 10.2. The molecule has 4 rings (SSSR count). The van der Waals surface area contributed by atoms with E-state index in [4.69, 9.17) is 9.72 Å². The maximum Gasteiger partial charge on any atom is 0.262 e. The summed E-state index contributed by atoms with van der Waals surface area (Å²) in [7, 11) is 1.67. The van der Waals surface area contributed by atoms with Crippen molar-refractivity contribution in [1.82, 2.24) is 9.55 Å². The molecule has 0 aliphatic heterocycles. The van der Waals surface area contributed by atoms with Gasteiger partial charge in [-0.25, -0.2) is 4.98 Å². The van der Waals surface area contributed by atoms with Crippen LogP contribution in [-0.2, 0) is 12.3 Å². The zero-order valence-corrected chi connectivity index (χ0v) is 16.4. The molecule has 2 aromatic heterocycles. The molecule has 0 bridgehead atoms. The smallest absolute Gasteiger partial charge is 0.262 e. The number of ether oxygens (including phenoxy) is 1. The summed E-state index contributed by atoms with van der Waals surface area (Å²) < 4.78 is 7.21. The van der Waals surface area contributed by atoms with E-state index in [9.17, 15) is 4.79 Å². The first-order chi connectivity index (χ1) is 13.3. The Hall–Kier alpha value is -2.57. The highest BCUT2D eigenvalue weighted by molar-refractivity contribution is 7.98. The van der Waals surface area contributed by atoms with Gasteiger partial charge in [0, 0.05) is 16.2 Å². The topological polar surface area (TPSA) is 44.1 Å². The molecule has 0 unspecified atom stereocenters. The van der Waals surface area contributed by atoms with Crippen molar-refractivity contribution in [3.63, 3.8) is 0 Å². The van der Waals surface area contributed by atoms with Crippen LogP contribution in [0, 0.1) is 0 Å². The second kappa shape index (κ2) is 7.98. The van der Waals surface area contributed by atoms with Crippen molar-refractivity contribution in [2.45, 2.75) is 17.5 Å². The third kappa shape index (κ3) is 3.77. The second-order valence-electron chi connectivity index (χ2n) is 5.98. The molecule has 0 fully saturated rings. The molecule has 6 heteroatoms. The van der Waals surface area contributed by atoms with Crippen molar-refractivity contribution in [2.75, 3.05) is 7.11 Å². The van der Waals surface area contributed by atoms with E-state index < -0.39 is 0 Å². The molecule has 0 saturated heterocycles. The van der Waals surface area contributed by atoms with E-state index in [1.54, 1.807) is 34.8 Å². The number of nitrogens with zero attached hydrogens (tertiary/aromatic N) is 2. The van der Waals surface area contributed by atoms with E-state index >= 15 is 0 Å². The Balaban J connectivity index is 1.74. The molecule has 0 N–H and O–H groups in total. The van der Waals surface area contributed by atoms with E-state index in [0.29, 0.717) is 17.7 Å². The van der Waals surface area contributed by atoms with Crippen molar-refractivity contribution in [1.29, 1.82) is 0 Å². The van der Waals surface area contributed by atoms with Gasteiger partial charge in [-0.3, -0.25) is 9.36 Å². The first-order valence-electron chi connectivity index (χ1n) is 8.53. The number of para-hydroxylation sites is 2. The maximum absolute atomic E-state index is 13.1. The number of fused-ring (bicyclic) bond motifs is 1. The van der Waals surface area contributed by atoms with Crippen LogP contribution in [-0.4, -0.2) is 16.7 Å². The summed E-state index contributed by atoms with van der Waals surface area (Å²) in [6, 6.07) is 19.5. The van der Waals surface area contributed by atoms with Crippen LogP contribution in [0.2, 0.25) is 0 Å². The molecule has 2 aromatic carbocycles. The average Bonchev–Trinajstić information content (AvgIpc) is 3.22. The van der Waals surface area contributed by atoms with Crippen molar-refractivity contribution in [3.8, 4) is 5.75 Å². The minimum atomic E-state index is -0.00322. The minimum Gasteiger partial charge on any atom is -0.496 e. The van der Waals surface area contributed by atoms with E-state index in [2.05, 4.69) is 0 Å². The van der Waals surface area contributed by atoms with Crippen LogP contribution in [0.5, 0.6) is 5.75 Å². The fourth-order valence-corrected chi connectivity index (χ4v) is 4.60. The number of hydrogen-bond donors (Lipinski definition) is 0. The van der Waals surface area contributed by atoms with Crippen LogP contribution in [0.15, 0.2) is 76.0 Å². The monoisotopic (exact) mass is 394 g/mol. The lowest BCUT2D eigenvalue weighted by Crippen LogP contribution is -2.23. The van der Waals surface area contributed by atoms with Gasteiger partial charge in [-0.15, -0.1) is 11.3 Å². The van der Waals surface area contributed by atoms with Gasteiger partial charge in [-0.1, -0.05) is 48.2 Å². The molecule has 4 aromatic rings. The van der Waals surface area contributed by atoms with Gasteiger partial charge in [0.15, 0.2) is 5.16 Å². The molecule has 4 nitrogen and oxygen atoms in total. The molecule has 0 aliphatic rings. The lowest BCUT2D eigenvalue weighted by Gasteiger charge is -2.13. The summed E-state index contributed by atoms with van der Waals surface area (Å²) in [6.45, 7) is 0.530. The van der Waals surface area contributed by atoms with Crippen molar-refractivity contribution in [3.05, 3.63) is 86.8 Å². The zero-order valence-electron chi connectivity index (χ0n) is 14.8. The molecule has 0 aliphatic carbocycles. The van der Waals surface area contributed by atoms with Crippen LogP contribution < -0.4 is 10.3 Å². The molecule has 27 heavy (non-hydrogen) atoms. The Kier molecular flexibility index (Phi) is 5.27. The van der Waals surface area contributed by atoms with Crippen molar-refractivity contribution in [2.24, 2.45) is 0 Å². The predicted octanol–water partition coefficient (Wildman–Crippen LogP) is 4.81. The lowest BCUT2D eigenvalue weighted by molar-refractivity contribution is 0.411. The number of aromatic nitrogens is 2. The standard InChI is InChI=1S/C21H18N2O2S2/c1-25-19-11-5-2-7-15(19)14-27-21-22-18-10-4-3-9-17(18)20(24)23(21)13-16-8-6-12-26-16/h2-12H,13-14H2,1H3. The fourth-order valence-electron chi connectivity index (χ4n) is 2.92. The number of thiophene rings is 1. The van der Waals surface area contributed by atoms with Gasteiger partial charge in [0.2, 0.25) is 0 Å². The number of methoxy groups -OCH3 is 1. The highest BCUT2D eigenvalue weighted by atomic mass is 32.2. The van der Waals surface area contributed by atoms with Gasteiger partial charge < -0.3 is 4.74 Å². The van der Waals surface area contributed by atoms with Crippen LogP contribution in [0.25, 0.3) is 10.9 Å². The van der Waals surface area contributed by atoms with Gasteiger partial charge in [0.25, 0.3) is 5.56 Å². The number of benzene rings is 2. The number of rotatable bonds is 6. The van der Waals surface area contributed by atoms with E-state index in [1.807, 2.05) is 66.0 Å². The van der Waals surface area contributed by atoms with E-state index in [0.717, 1.165) is 26.9 Å². The Morgan fingerprint density at radius 2 is 1.89 bits per heavy atom. The summed E-state index contributed by atoms with van der Waals surface area (Å²) in [6.07, 6.45) is 0. The third-order valence-electron chi connectivity index (χ3n) is 4.27. The van der Waals surface area contributed by atoms with Crippen LogP contribution >= 0.6 is 23.1 Å². The summed E-state index contributed by atoms with van der Waals surface area (Å²) in [5.41, 5.74) is 1.80. The summed E-state index contributed by atoms with van der Waals surface area (Å²) in [5.74, 6) is 1.53. The van der Waals surface area contributed by atoms with Crippen LogP contribution in [0.1, 0.15) is 10.4 Å². The zero-order chi connectivity index (χ0) is 18.6. The molecule has 0 spiro atoms. The first-order valence-corrected chi connectivity index (χ1v) is 10.4. The predicted molar refractivity (Wildman–Crippen MR) is 112 cm³/mol. The third-order valence-corrected chi connectivity index (χ3v) is 6.16. The Labute approximate surface area is 165 Å². The van der Waals surface area contributed by atoms with Crippen molar-refractivity contribution >= 4 is 34.0 Å². The molecule has 136 valence electrons. The summed E-state index contributed by atoms with van der Waals surface area (Å²) in [4.78, 5) is 19.0. The highest BCUT2D eigenvalue weighted by Crippen LogP contribution is 2.28. The average molecular weight is 395 g/mol. The Bertz CT molecular complexity index is 1120. The first kappa shape index (κ1) is 17.8. The maximum atomic E-state index is 13.1.